The second-order valence-electron chi connectivity index (χ2n) is 5.56. The first-order valence-electron chi connectivity index (χ1n) is 7.66. The van der Waals surface area contributed by atoms with Crippen LogP contribution >= 0.6 is 58.0 Å². The molecule has 1 amide bonds. The van der Waals surface area contributed by atoms with Gasteiger partial charge >= 0.3 is 0 Å². The summed E-state index contributed by atoms with van der Waals surface area (Å²) in [5, 5.41) is 13.8. The molecule has 0 saturated heterocycles. The highest BCUT2D eigenvalue weighted by molar-refractivity contribution is 6.37. The van der Waals surface area contributed by atoms with Crippen molar-refractivity contribution in [3.05, 3.63) is 79.2 Å². The SMILES string of the molecule is O=C(Nc1ccc(Oc2ccc(Cl)cc2Cl)c(Cl)c1)c1cc(Cl)cc(Cl)c1O. The van der Waals surface area contributed by atoms with Crippen LogP contribution in [0.3, 0.4) is 0 Å². The fraction of sp³-hybridized carbons (Fsp3) is 0. The van der Waals surface area contributed by atoms with Crippen LogP contribution < -0.4 is 10.1 Å². The first-order chi connectivity index (χ1) is 13.2. The number of carbonyl (C=O) groups excluding carboxylic acids is 1. The van der Waals surface area contributed by atoms with Crippen molar-refractivity contribution in [3.8, 4) is 17.2 Å². The van der Waals surface area contributed by atoms with Crippen molar-refractivity contribution in [2.45, 2.75) is 0 Å². The van der Waals surface area contributed by atoms with Gasteiger partial charge in [-0.3, -0.25) is 4.79 Å². The molecular formula is C19H10Cl5NO3. The number of phenolic OH excluding ortho intramolecular Hbond substituents is 1. The van der Waals surface area contributed by atoms with Crippen LogP contribution in [0.25, 0.3) is 0 Å². The number of carbonyl (C=O) groups is 1. The lowest BCUT2D eigenvalue weighted by Gasteiger charge is -2.12. The Kier molecular flexibility index (Phi) is 6.48. The molecule has 0 radical (unpaired) electrons. The molecule has 0 aliphatic carbocycles. The molecule has 3 aromatic rings. The van der Waals surface area contributed by atoms with Crippen LogP contribution in [0.4, 0.5) is 5.69 Å². The predicted molar refractivity (Wildman–Crippen MR) is 114 cm³/mol. The molecule has 3 rings (SSSR count). The lowest BCUT2D eigenvalue weighted by atomic mass is 10.1. The molecule has 9 heteroatoms. The van der Waals surface area contributed by atoms with E-state index in [4.69, 9.17) is 62.7 Å². The quantitative estimate of drug-likeness (QED) is 0.405. The molecule has 0 atom stereocenters. The first-order valence-corrected chi connectivity index (χ1v) is 9.55. The Morgan fingerprint density at radius 2 is 1.39 bits per heavy atom. The zero-order chi connectivity index (χ0) is 20.4. The van der Waals surface area contributed by atoms with Crippen LogP contribution in [-0.4, -0.2) is 11.0 Å². The van der Waals surface area contributed by atoms with E-state index >= 15 is 0 Å². The summed E-state index contributed by atoms with van der Waals surface area (Å²) < 4.78 is 5.68. The number of hydrogen-bond donors (Lipinski definition) is 2. The summed E-state index contributed by atoms with van der Waals surface area (Å²) >= 11 is 29.9. The Labute approximate surface area is 185 Å². The molecule has 0 saturated carbocycles. The summed E-state index contributed by atoms with van der Waals surface area (Å²) in [4.78, 5) is 12.4. The van der Waals surface area contributed by atoms with Crippen LogP contribution in [0, 0.1) is 0 Å². The Bertz CT molecular complexity index is 1070. The first kappa shape index (κ1) is 20.9. The number of phenols is 1. The Hall–Kier alpha value is -1.82. The standard InChI is InChI=1S/C19H10Cl5NO3/c20-9-1-3-16(13(22)6-9)28-17-4-2-11(8-14(17)23)25-19(27)12-5-10(21)7-15(24)18(12)26/h1-8,26H,(H,25,27). The average molecular weight is 478 g/mol. The van der Waals surface area contributed by atoms with Gasteiger partial charge in [-0.25, -0.2) is 0 Å². The molecule has 4 nitrogen and oxygen atoms in total. The van der Waals surface area contributed by atoms with E-state index in [2.05, 4.69) is 5.32 Å². The summed E-state index contributed by atoms with van der Waals surface area (Å²) in [5.74, 6) is -0.264. The van der Waals surface area contributed by atoms with Gasteiger partial charge in [0.2, 0.25) is 0 Å². The minimum absolute atomic E-state index is 0.0285. The van der Waals surface area contributed by atoms with Crippen molar-refractivity contribution in [1.82, 2.24) is 0 Å². The zero-order valence-electron chi connectivity index (χ0n) is 13.8. The van der Waals surface area contributed by atoms with Crippen LogP contribution in [-0.2, 0) is 0 Å². The van der Waals surface area contributed by atoms with Crippen molar-refractivity contribution in [3.63, 3.8) is 0 Å². The van der Waals surface area contributed by atoms with Crippen LogP contribution in [0.2, 0.25) is 25.1 Å². The third-order valence-electron chi connectivity index (χ3n) is 3.58. The largest absolute Gasteiger partial charge is 0.506 e. The van der Waals surface area contributed by atoms with E-state index in [0.717, 1.165) is 0 Å². The molecule has 2 N–H and O–H groups in total. The highest BCUT2D eigenvalue weighted by Gasteiger charge is 2.16. The molecule has 0 aliphatic rings. The Morgan fingerprint density at radius 3 is 2.04 bits per heavy atom. The normalized spacial score (nSPS) is 10.6. The minimum Gasteiger partial charge on any atom is -0.506 e. The zero-order valence-corrected chi connectivity index (χ0v) is 17.6. The van der Waals surface area contributed by atoms with Gasteiger partial charge in [0, 0.05) is 15.7 Å². The monoisotopic (exact) mass is 475 g/mol. The van der Waals surface area contributed by atoms with Gasteiger partial charge in [-0.1, -0.05) is 58.0 Å². The molecule has 0 unspecified atom stereocenters. The van der Waals surface area contributed by atoms with E-state index in [1.165, 1.54) is 18.2 Å². The number of anilines is 1. The van der Waals surface area contributed by atoms with Crippen molar-refractivity contribution < 1.29 is 14.6 Å². The van der Waals surface area contributed by atoms with E-state index in [9.17, 15) is 9.90 Å². The molecule has 0 aliphatic heterocycles. The minimum atomic E-state index is -0.604. The second-order valence-corrected chi connectivity index (χ2v) is 7.65. The molecular weight excluding hydrogens is 467 g/mol. The number of nitrogens with one attached hydrogen (secondary N) is 1. The maximum absolute atomic E-state index is 12.4. The number of ether oxygens (including phenoxy) is 1. The highest BCUT2D eigenvalue weighted by Crippen LogP contribution is 2.36. The van der Waals surface area contributed by atoms with Crippen LogP contribution in [0.1, 0.15) is 10.4 Å². The van der Waals surface area contributed by atoms with Gasteiger partial charge in [0.1, 0.15) is 17.2 Å². The van der Waals surface area contributed by atoms with Gasteiger partial charge in [0.15, 0.2) is 0 Å². The summed E-state index contributed by atoms with van der Waals surface area (Å²) in [7, 11) is 0. The van der Waals surface area contributed by atoms with E-state index in [-0.39, 0.29) is 26.4 Å². The molecule has 0 aromatic heterocycles. The van der Waals surface area contributed by atoms with Crippen molar-refractivity contribution in [2.24, 2.45) is 0 Å². The number of hydrogen-bond acceptors (Lipinski definition) is 3. The van der Waals surface area contributed by atoms with E-state index in [0.29, 0.717) is 27.2 Å². The maximum atomic E-state index is 12.4. The third-order valence-corrected chi connectivity index (χ3v) is 4.91. The molecule has 0 heterocycles. The molecule has 144 valence electrons. The Morgan fingerprint density at radius 1 is 0.786 bits per heavy atom. The number of aromatic hydroxyl groups is 1. The van der Waals surface area contributed by atoms with Crippen LogP contribution in [0.15, 0.2) is 48.5 Å². The number of benzene rings is 3. The molecule has 0 bridgehead atoms. The Balaban J connectivity index is 1.80. The lowest BCUT2D eigenvalue weighted by Crippen LogP contribution is -2.12. The third kappa shape index (κ3) is 4.77. The number of amides is 1. The summed E-state index contributed by atoms with van der Waals surface area (Å²) in [5.41, 5.74) is 0.307. The van der Waals surface area contributed by atoms with Gasteiger partial charge in [-0.05, 0) is 48.5 Å². The van der Waals surface area contributed by atoms with Gasteiger partial charge in [0.25, 0.3) is 5.91 Å². The summed E-state index contributed by atoms with van der Waals surface area (Å²) in [6.45, 7) is 0. The number of halogens is 5. The maximum Gasteiger partial charge on any atom is 0.259 e. The van der Waals surface area contributed by atoms with Crippen molar-refractivity contribution >= 4 is 69.6 Å². The van der Waals surface area contributed by atoms with E-state index in [1.807, 2.05) is 0 Å². The van der Waals surface area contributed by atoms with Crippen molar-refractivity contribution in [2.75, 3.05) is 5.32 Å². The van der Waals surface area contributed by atoms with E-state index in [1.54, 1.807) is 30.3 Å². The van der Waals surface area contributed by atoms with Gasteiger partial charge in [-0.2, -0.15) is 0 Å². The molecule has 28 heavy (non-hydrogen) atoms. The fourth-order valence-corrected chi connectivity index (χ4v) is 3.43. The highest BCUT2D eigenvalue weighted by atomic mass is 35.5. The van der Waals surface area contributed by atoms with Gasteiger partial charge in [-0.15, -0.1) is 0 Å². The van der Waals surface area contributed by atoms with Gasteiger partial charge in [0.05, 0.1) is 20.6 Å². The predicted octanol–water partition coefficient (Wildman–Crippen LogP) is 7.70. The lowest BCUT2D eigenvalue weighted by molar-refractivity contribution is 0.102. The summed E-state index contributed by atoms with van der Waals surface area (Å²) in [6, 6.07) is 12.1. The van der Waals surface area contributed by atoms with Crippen LogP contribution in [0.5, 0.6) is 17.2 Å². The molecule has 0 fully saturated rings. The van der Waals surface area contributed by atoms with Gasteiger partial charge < -0.3 is 15.2 Å². The van der Waals surface area contributed by atoms with Crippen molar-refractivity contribution in [1.29, 1.82) is 0 Å². The van der Waals surface area contributed by atoms with E-state index < -0.39 is 5.91 Å². The smallest absolute Gasteiger partial charge is 0.259 e. The topological polar surface area (TPSA) is 58.6 Å². The fourth-order valence-electron chi connectivity index (χ4n) is 2.28. The summed E-state index contributed by atoms with van der Waals surface area (Å²) in [6.07, 6.45) is 0. The molecule has 0 spiro atoms. The number of rotatable bonds is 4. The molecule has 3 aromatic carbocycles. The average Bonchev–Trinajstić information content (AvgIpc) is 2.62. The second kappa shape index (κ2) is 8.68.